The lowest BCUT2D eigenvalue weighted by atomic mass is 10.1. The van der Waals surface area contributed by atoms with Crippen LogP contribution in [-0.4, -0.2) is 4.33 Å². The molecule has 0 aromatic heterocycles. The second-order valence-corrected chi connectivity index (χ2v) is 5.37. The first-order chi connectivity index (χ1) is 6.03. The second-order valence-electron chi connectivity index (χ2n) is 3.49. The summed E-state index contributed by atoms with van der Waals surface area (Å²) in [6.45, 7) is 2.05. The molecule has 0 N–H and O–H groups in total. The van der Waals surface area contributed by atoms with Crippen LogP contribution in [0.2, 0.25) is 5.02 Å². The number of benzene rings is 1. The van der Waals surface area contributed by atoms with E-state index in [1.165, 1.54) is 5.56 Å². The summed E-state index contributed by atoms with van der Waals surface area (Å²) in [4.78, 5) is 0. The average Bonchev–Trinajstić information content (AvgIpc) is 2.55. The van der Waals surface area contributed by atoms with E-state index in [1.807, 2.05) is 24.3 Å². The van der Waals surface area contributed by atoms with Gasteiger partial charge in [0.25, 0.3) is 0 Å². The van der Waals surface area contributed by atoms with Crippen LogP contribution >= 0.6 is 34.8 Å². The topological polar surface area (TPSA) is 0 Å². The van der Waals surface area contributed by atoms with Crippen LogP contribution in [0.4, 0.5) is 0 Å². The Morgan fingerprint density at radius 2 is 1.62 bits per heavy atom. The van der Waals surface area contributed by atoms with Gasteiger partial charge in [-0.3, -0.25) is 0 Å². The van der Waals surface area contributed by atoms with Crippen LogP contribution in [0.1, 0.15) is 18.4 Å². The van der Waals surface area contributed by atoms with Crippen LogP contribution in [0.5, 0.6) is 0 Å². The predicted octanol–water partition coefficient (Wildman–Crippen LogP) is 4.25. The van der Waals surface area contributed by atoms with Crippen molar-refractivity contribution in [2.24, 2.45) is 5.92 Å². The number of halogens is 3. The summed E-state index contributed by atoms with van der Waals surface area (Å²) >= 11 is 17.9. The molecule has 1 aliphatic carbocycles. The van der Waals surface area contributed by atoms with Gasteiger partial charge in [-0.25, -0.2) is 0 Å². The van der Waals surface area contributed by atoms with Crippen molar-refractivity contribution in [1.29, 1.82) is 0 Å². The normalized spacial score (nSPS) is 30.2. The largest absolute Gasteiger partial charge is 0.128 e. The maximum absolute atomic E-state index is 6.06. The molecule has 1 aromatic carbocycles. The molecule has 13 heavy (non-hydrogen) atoms. The zero-order chi connectivity index (χ0) is 9.64. The Bertz CT molecular complexity index is 315. The van der Waals surface area contributed by atoms with Gasteiger partial charge in [0.1, 0.15) is 4.33 Å². The molecule has 0 amide bonds. The summed E-state index contributed by atoms with van der Waals surface area (Å²) < 4.78 is -0.576. The molecular formula is C10H9Cl3. The van der Waals surface area contributed by atoms with Gasteiger partial charge in [0.2, 0.25) is 0 Å². The minimum Gasteiger partial charge on any atom is -0.101 e. The van der Waals surface area contributed by atoms with Crippen LogP contribution in [0, 0.1) is 5.92 Å². The molecule has 0 saturated heterocycles. The van der Waals surface area contributed by atoms with E-state index in [1.54, 1.807) is 0 Å². The van der Waals surface area contributed by atoms with Crippen molar-refractivity contribution in [3.8, 4) is 0 Å². The lowest BCUT2D eigenvalue weighted by Gasteiger charge is -1.99. The third-order valence-corrected chi connectivity index (χ3v) is 4.05. The van der Waals surface area contributed by atoms with E-state index in [4.69, 9.17) is 34.8 Å². The average molecular weight is 236 g/mol. The molecule has 1 fully saturated rings. The van der Waals surface area contributed by atoms with Crippen molar-refractivity contribution in [2.45, 2.75) is 17.2 Å². The quantitative estimate of drug-likeness (QED) is 0.639. The highest BCUT2D eigenvalue weighted by atomic mass is 35.5. The summed E-state index contributed by atoms with van der Waals surface area (Å²) in [5.74, 6) is 0.588. The van der Waals surface area contributed by atoms with Gasteiger partial charge in [-0.15, -0.1) is 23.2 Å². The molecule has 1 aliphatic rings. The minimum absolute atomic E-state index is 0.257. The van der Waals surface area contributed by atoms with Gasteiger partial charge in [0, 0.05) is 10.9 Å². The summed E-state index contributed by atoms with van der Waals surface area (Å²) in [7, 11) is 0. The Kier molecular flexibility index (Phi) is 2.26. The van der Waals surface area contributed by atoms with Gasteiger partial charge < -0.3 is 0 Å². The minimum atomic E-state index is -0.576. The first-order valence-corrected chi connectivity index (χ1v) is 5.30. The molecule has 0 bridgehead atoms. The van der Waals surface area contributed by atoms with E-state index in [0.717, 1.165) is 5.02 Å². The summed E-state index contributed by atoms with van der Waals surface area (Å²) in [5, 5.41) is 0.742. The molecule has 2 atom stereocenters. The van der Waals surface area contributed by atoms with Gasteiger partial charge in [-0.1, -0.05) is 30.7 Å². The van der Waals surface area contributed by atoms with Crippen LogP contribution in [-0.2, 0) is 0 Å². The molecule has 3 heteroatoms. The fraction of sp³-hybridized carbons (Fsp3) is 0.400. The monoisotopic (exact) mass is 234 g/mol. The summed E-state index contributed by atoms with van der Waals surface area (Å²) in [5.41, 5.74) is 1.17. The zero-order valence-corrected chi connectivity index (χ0v) is 9.37. The van der Waals surface area contributed by atoms with Gasteiger partial charge in [-0.05, 0) is 23.6 Å². The van der Waals surface area contributed by atoms with Crippen molar-refractivity contribution in [3.05, 3.63) is 34.9 Å². The van der Waals surface area contributed by atoms with E-state index < -0.39 is 4.33 Å². The molecule has 2 rings (SSSR count). The summed E-state index contributed by atoms with van der Waals surface area (Å²) in [6.07, 6.45) is 0. The van der Waals surface area contributed by atoms with Crippen LogP contribution in [0.3, 0.4) is 0 Å². The number of alkyl halides is 2. The molecule has 0 heterocycles. The standard InChI is InChI=1S/C10H9Cl3/c1-6-9(10(6,12)13)7-2-4-8(11)5-3-7/h2-6,9H,1H3. The van der Waals surface area contributed by atoms with Gasteiger partial charge in [0.05, 0.1) is 0 Å². The van der Waals surface area contributed by atoms with Crippen molar-refractivity contribution in [1.82, 2.24) is 0 Å². The smallest absolute Gasteiger partial charge is 0.101 e. The zero-order valence-electron chi connectivity index (χ0n) is 7.10. The lowest BCUT2D eigenvalue weighted by molar-refractivity contribution is 0.911. The van der Waals surface area contributed by atoms with Gasteiger partial charge in [-0.2, -0.15) is 0 Å². The molecule has 1 saturated carbocycles. The molecule has 70 valence electrons. The van der Waals surface area contributed by atoms with E-state index >= 15 is 0 Å². The first-order valence-electron chi connectivity index (χ1n) is 4.17. The molecule has 0 nitrogen and oxygen atoms in total. The van der Waals surface area contributed by atoms with Gasteiger partial charge in [0.15, 0.2) is 0 Å². The van der Waals surface area contributed by atoms with Gasteiger partial charge >= 0.3 is 0 Å². The summed E-state index contributed by atoms with van der Waals surface area (Å²) in [6, 6.07) is 7.70. The number of hydrogen-bond donors (Lipinski definition) is 0. The van der Waals surface area contributed by atoms with E-state index in [0.29, 0.717) is 5.92 Å². The Labute approximate surface area is 92.8 Å². The molecule has 0 spiro atoms. The highest BCUT2D eigenvalue weighted by Crippen LogP contribution is 2.64. The molecule has 1 aromatic rings. The highest BCUT2D eigenvalue weighted by Gasteiger charge is 2.60. The number of rotatable bonds is 1. The fourth-order valence-corrected chi connectivity index (χ4v) is 2.54. The third kappa shape index (κ3) is 1.56. The second kappa shape index (κ2) is 3.05. The highest BCUT2D eigenvalue weighted by molar-refractivity contribution is 6.51. The fourth-order valence-electron chi connectivity index (χ4n) is 1.66. The lowest BCUT2D eigenvalue weighted by Crippen LogP contribution is -1.89. The predicted molar refractivity (Wildman–Crippen MR) is 57.8 cm³/mol. The SMILES string of the molecule is CC1C(c2ccc(Cl)cc2)C1(Cl)Cl. The molecule has 2 unspecified atom stereocenters. The van der Waals surface area contributed by atoms with Crippen LogP contribution in [0.25, 0.3) is 0 Å². The van der Waals surface area contributed by atoms with Crippen molar-refractivity contribution >= 4 is 34.8 Å². The van der Waals surface area contributed by atoms with E-state index in [2.05, 4.69) is 6.92 Å². The van der Waals surface area contributed by atoms with Crippen molar-refractivity contribution in [2.75, 3.05) is 0 Å². The third-order valence-electron chi connectivity index (χ3n) is 2.64. The number of hydrogen-bond acceptors (Lipinski definition) is 0. The maximum atomic E-state index is 6.06. The maximum Gasteiger partial charge on any atom is 0.128 e. The Hall–Kier alpha value is 0.0900. The van der Waals surface area contributed by atoms with E-state index in [-0.39, 0.29) is 5.92 Å². The molecule has 0 radical (unpaired) electrons. The Morgan fingerprint density at radius 3 is 2.00 bits per heavy atom. The molecule has 0 aliphatic heterocycles. The van der Waals surface area contributed by atoms with Crippen LogP contribution in [0.15, 0.2) is 24.3 Å². The van der Waals surface area contributed by atoms with Crippen LogP contribution < -0.4 is 0 Å². The molecular weight excluding hydrogens is 226 g/mol. The van der Waals surface area contributed by atoms with Crippen molar-refractivity contribution < 1.29 is 0 Å². The Morgan fingerprint density at radius 1 is 1.15 bits per heavy atom. The van der Waals surface area contributed by atoms with E-state index in [9.17, 15) is 0 Å². The van der Waals surface area contributed by atoms with Crippen molar-refractivity contribution in [3.63, 3.8) is 0 Å². The first kappa shape index (κ1) is 9.64. The Balaban J connectivity index is 2.25.